The van der Waals surface area contributed by atoms with Gasteiger partial charge in [-0.05, 0) is 55.4 Å². The third-order valence-electron chi connectivity index (χ3n) is 2.38. The maximum absolute atomic E-state index is 5.37. The molecule has 2 N–H and O–H groups in total. The molecule has 0 amide bonds. The molecule has 110 valence electrons. The van der Waals surface area contributed by atoms with Crippen LogP contribution in [-0.4, -0.2) is 38.2 Å². The number of benzene rings is 1. The molecule has 1 aromatic carbocycles. The topological polar surface area (TPSA) is 54.9 Å². The van der Waals surface area contributed by atoms with Crippen molar-refractivity contribution in [3.8, 4) is 5.75 Å². The number of hydrogen-bond acceptors (Lipinski definition) is 4. The Morgan fingerprint density at radius 2 is 2.10 bits per heavy atom. The quantitative estimate of drug-likeness (QED) is 0.332. The van der Waals surface area contributed by atoms with Crippen molar-refractivity contribution in [2.75, 3.05) is 26.9 Å². The van der Waals surface area contributed by atoms with Crippen LogP contribution in [-0.2, 0) is 4.74 Å². The average molecular weight is 295 g/mol. The number of hydrogen-bond donors (Lipinski definition) is 2. The summed E-state index contributed by atoms with van der Waals surface area (Å²) in [7, 11) is 1.68. The van der Waals surface area contributed by atoms with Crippen LogP contribution < -0.4 is 15.5 Å². The lowest BCUT2D eigenvalue weighted by Gasteiger charge is -2.06. The summed E-state index contributed by atoms with van der Waals surface area (Å²) in [5.41, 5.74) is 3.74. The fourth-order valence-corrected chi connectivity index (χ4v) is 1.59. The van der Waals surface area contributed by atoms with Crippen molar-refractivity contribution in [2.24, 2.45) is 5.10 Å². The molecule has 5 nitrogen and oxygen atoms in total. The molecule has 1 aromatic rings. The number of methoxy groups -OCH3 is 1. The molecule has 0 aromatic heterocycles. The third kappa shape index (κ3) is 7.06. The molecule has 0 atom stereocenters. The second kappa shape index (κ2) is 10.2. The van der Waals surface area contributed by atoms with E-state index in [9.17, 15) is 0 Å². The van der Waals surface area contributed by atoms with Crippen LogP contribution in [0.4, 0.5) is 0 Å². The lowest BCUT2D eigenvalue weighted by atomic mass is 10.2. The second-order valence-corrected chi connectivity index (χ2v) is 4.38. The van der Waals surface area contributed by atoms with E-state index in [1.807, 2.05) is 31.2 Å². The van der Waals surface area contributed by atoms with Gasteiger partial charge in [-0.15, -0.1) is 0 Å². The van der Waals surface area contributed by atoms with Crippen LogP contribution in [0.25, 0.3) is 0 Å². The highest BCUT2D eigenvalue weighted by Gasteiger charge is 1.94. The van der Waals surface area contributed by atoms with E-state index in [0.717, 1.165) is 24.3 Å². The van der Waals surface area contributed by atoms with Crippen molar-refractivity contribution in [2.45, 2.75) is 13.3 Å². The lowest BCUT2D eigenvalue weighted by molar-refractivity contribution is 0.195. The first-order chi connectivity index (χ1) is 9.76. The summed E-state index contributed by atoms with van der Waals surface area (Å²) in [6.07, 6.45) is 2.61. The van der Waals surface area contributed by atoms with Crippen molar-refractivity contribution in [3.63, 3.8) is 0 Å². The minimum absolute atomic E-state index is 0.503. The minimum atomic E-state index is 0.503. The van der Waals surface area contributed by atoms with E-state index < -0.39 is 0 Å². The highest BCUT2D eigenvalue weighted by molar-refractivity contribution is 7.80. The zero-order valence-corrected chi connectivity index (χ0v) is 12.7. The van der Waals surface area contributed by atoms with Crippen molar-refractivity contribution in [1.82, 2.24) is 10.7 Å². The molecular formula is C14H21N3O2S. The maximum Gasteiger partial charge on any atom is 0.186 e. The zero-order chi connectivity index (χ0) is 14.6. The molecule has 0 saturated heterocycles. The van der Waals surface area contributed by atoms with Crippen LogP contribution in [0, 0.1) is 0 Å². The molecule has 0 aliphatic heterocycles. The smallest absolute Gasteiger partial charge is 0.186 e. The Morgan fingerprint density at radius 3 is 2.75 bits per heavy atom. The molecule has 0 spiro atoms. The van der Waals surface area contributed by atoms with Gasteiger partial charge in [0.1, 0.15) is 5.75 Å². The van der Waals surface area contributed by atoms with Crippen molar-refractivity contribution in [1.29, 1.82) is 0 Å². The van der Waals surface area contributed by atoms with Crippen LogP contribution in [0.5, 0.6) is 5.75 Å². The predicted octanol–water partition coefficient (Wildman–Crippen LogP) is 1.92. The van der Waals surface area contributed by atoms with Gasteiger partial charge in [0.2, 0.25) is 0 Å². The number of hydrazone groups is 1. The van der Waals surface area contributed by atoms with E-state index in [0.29, 0.717) is 18.3 Å². The summed E-state index contributed by atoms with van der Waals surface area (Å²) in [5, 5.41) is 7.60. The summed E-state index contributed by atoms with van der Waals surface area (Å²) in [6.45, 7) is 4.10. The van der Waals surface area contributed by atoms with Crippen molar-refractivity contribution < 1.29 is 9.47 Å². The molecule has 6 heteroatoms. The van der Waals surface area contributed by atoms with Crippen LogP contribution in [0.15, 0.2) is 29.4 Å². The van der Waals surface area contributed by atoms with Gasteiger partial charge in [0.25, 0.3) is 0 Å². The Balaban J connectivity index is 2.27. The summed E-state index contributed by atoms with van der Waals surface area (Å²) >= 11 is 5.08. The number of rotatable bonds is 8. The van der Waals surface area contributed by atoms with E-state index >= 15 is 0 Å². The fraction of sp³-hybridized carbons (Fsp3) is 0.429. The Labute approximate surface area is 125 Å². The van der Waals surface area contributed by atoms with Gasteiger partial charge in [-0.3, -0.25) is 5.43 Å². The Morgan fingerprint density at radius 1 is 1.35 bits per heavy atom. The number of nitrogens with zero attached hydrogens (tertiary/aromatic N) is 1. The molecule has 0 unspecified atom stereocenters. The van der Waals surface area contributed by atoms with Crippen LogP contribution >= 0.6 is 12.2 Å². The lowest BCUT2D eigenvalue weighted by Crippen LogP contribution is -2.33. The van der Waals surface area contributed by atoms with Gasteiger partial charge in [-0.1, -0.05) is 0 Å². The maximum atomic E-state index is 5.37. The largest absolute Gasteiger partial charge is 0.494 e. The van der Waals surface area contributed by atoms with Crippen LogP contribution in [0.2, 0.25) is 0 Å². The van der Waals surface area contributed by atoms with Gasteiger partial charge in [-0.25, -0.2) is 0 Å². The van der Waals surface area contributed by atoms with Gasteiger partial charge >= 0.3 is 0 Å². The fourth-order valence-electron chi connectivity index (χ4n) is 1.44. The number of nitrogens with one attached hydrogen (secondary N) is 2. The molecule has 0 aliphatic rings. The summed E-state index contributed by atoms with van der Waals surface area (Å²) in [6, 6.07) is 7.69. The monoisotopic (exact) mass is 295 g/mol. The summed E-state index contributed by atoms with van der Waals surface area (Å²) in [4.78, 5) is 0. The van der Waals surface area contributed by atoms with Gasteiger partial charge in [0.05, 0.1) is 12.8 Å². The van der Waals surface area contributed by atoms with E-state index in [2.05, 4.69) is 15.8 Å². The Kier molecular flexibility index (Phi) is 8.33. The average Bonchev–Trinajstić information content (AvgIpc) is 2.46. The molecule has 20 heavy (non-hydrogen) atoms. The van der Waals surface area contributed by atoms with Crippen molar-refractivity contribution in [3.05, 3.63) is 29.8 Å². The highest BCUT2D eigenvalue weighted by atomic mass is 32.1. The molecule has 1 rings (SSSR count). The molecule has 0 saturated carbocycles. The molecule has 0 radical (unpaired) electrons. The Hall–Kier alpha value is -1.66. The van der Waals surface area contributed by atoms with E-state index in [1.165, 1.54) is 0 Å². The van der Waals surface area contributed by atoms with Gasteiger partial charge in [0, 0.05) is 20.3 Å². The van der Waals surface area contributed by atoms with Crippen LogP contribution in [0.1, 0.15) is 18.9 Å². The first-order valence-electron chi connectivity index (χ1n) is 6.55. The number of ether oxygens (including phenoxy) is 2. The second-order valence-electron chi connectivity index (χ2n) is 3.97. The standard InChI is InChI=1S/C14H21N3O2S/c1-3-19-13-7-5-12(6-8-13)11-16-17-14(20)15-9-4-10-18-2/h5-8,11H,3-4,9-10H2,1-2H3,(H2,15,17,20)/b16-11-. The molecular weight excluding hydrogens is 274 g/mol. The molecule has 0 fully saturated rings. The minimum Gasteiger partial charge on any atom is -0.494 e. The van der Waals surface area contributed by atoms with E-state index in [-0.39, 0.29) is 0 Å². The Bertz CT molecular complexity index is 421. The van der Waals surface area contributed by atoms with Gasteiger partial charge in [0.15, 0.2) is 5.11 Å². The van der Waals surface area contributed by atoms with Gasteiger partial charge in [-0.2, -0.15) is 5.10 Å². The van der Waals surface area contributed by atoms with Crippen LogP contribution in [0.3, 0.4) is 0 Å². The normalized spacial score (nSPS) is 10.5. The van der Waals surface area contributed by atoms with E-state index in [4.69, 9.17) is 21.7 Å². The van der Waals surface area contributed by atoms with Crippen molar-refractivity contribution >= 4 is 23.5 Å². The first-order valence-corrected chi connectivity index (χ1v) is 6.95. The third-order valence-corrected chi connectivity index (χ3v) is 2.62. The zero-order valence-electron chi connectivity index (χ0n) is 11.9. The summed E-state index contributed by atoms with van der Waals surface area (Å²) < 4.78 is 10.3. The predicted molar refractivity (Wildman–Crippen MR) is 85.4 cm³/mol. The summed E-state index contributed by atoms with van der Waals surface area (Å²) in [5.74, 6) is 0.855. The van der Waals surface area contributed by atoms with E-state index in [1.54, 1.807) is 13.3 Å². The first kappa shape index (κ1) is 16.4. The molecule has 0 heterocycles. The molecule has 0 aliphatic carbocycles. The van der Waals surface area contributed by atoms with Gasteiger partial charge < -0.3 is 14.8 Å². The SMILES string of the molecule is CCOc1ccc(/C=N\NC(=S)NCCCOC)cc1. The highest BCUT2D eigenvalue weighted by Crippen LogP contribution is 2.10. The number of thiocarbonyl (C=S) groups is 1. The molecule has 0 bridgehead atoms.